The summed E-state index contributed by atoms with van der Waals surface area (Å²) in [5, 5.41) is 6.36. The first-order valence-corrected chi connectivity index (χ1v) is 8.46. The number of hydrogen-bond donors (Lipinski definition) is 3. The summed E-state index contributed by atoms with van der Waals surface area (Å²) in [5.41, 5.74) is 12.6. The molecule has 0 saturated heterocycles. The summed E-state index contributed by atoms with van der Waals surface area (Å²) >= 11 is 0. The quantitative estimate of drug-likeness (QED) is 0.485. The molecular formula is C22H19N3O. The fourth-order valence-corrected chi connectivity index (χ4v) is 3.10. The van der Waals surface area contributed by atoms with Crippen molar-refractivity contribution in [1.29, 1.82) is 0 Å². The predicted octanol–water partition coefficient (Wildman–Crippen LogP) is 4.51. The number of benzene rings is 3. The molecule has 1 aliphatic heterocycles. The minimum absolute atomic E-state index is 0.135. The largest absolute Gasteiger partial charge is 0.399 e. The molecule has 3 aromatic carbocycles. The number of nitrogen functional groups attached to an aromatic ring is 1. The summed E-state index contributed by atoms with van der Waals surface area (Å²) in [6.07, 6.45) is 0. The second-order valence-corrected chi connectivity index (χ2v) is 6.37. The van der Waals surface area contributed by atoms with Crippen LogP contribution in [0.4, 0.5) is 17.1 Å². The van der Waals surface area contributed by atoms with Gasteiger partial charge in [-0.15, -0.1) is 0 Å². The Balaban J connectivity index is 1.91. The number of nitrogens with one attached hydrogen (secondary N) is 2. The van der Waals surface area contributed by atoms with Gasteiger partial charge >= 0.3 is 0 Å². The van der Waals surface area contributed by atoms with Crippen LogP contribution in [0.3, 0.4) is 0 Å². The number of anilines is 3. The van der Waals surface area contributed by atoms with Crippen LogP contribution in [0.2, 0.25) is 0 Å². The van der Waals surface area contributed by atoms with E-state index in [2.05, 4.69) is 10.6 Å². The Morgan fingerprint density at radius 2 is 1.69 bits per heavy atom. The average molecular weight is 341 g/mol. The fraction of sp³-hybridized carbons (Fsp3) is 0.0455. The molecule has 128 valence electrons. The third-order valence-electron chi connectivity index (χ3n) is 4.42. The maximum absolute atomic E-state index is 12.8. The number of carbonyl (C=O) groups is 1. The standard InChI is InChI=1S/C22H19N3O/c1-14-7-10-17(11-8-14)24-21(15-5-3-2-4-6-15)20-18-13-16(23)9-12-19(18)25-22(20)26/h2-13,24H,23H2,1H3,(H,25,26)/b21-20-. The van der Waals surface area contributed by atoms with Crippen LogP contribution < -0.4 is 16.4 Å². The molecular weight excluding hydrogens is 322 g/mol. The van der Waals surface area contributed by atoms with Crippen molar-refractivity contribution in [3.63, 3.8) is 0 Å². The van der Waals surface area contributed by atoms with E-state index in [0.717, 1.165) is 28.2 Å². The van der Waals surface area contributed by atoms with E-state index in [-0.39, 0.29) is 5.91 Å². The van der Waals surface area contributed by atoms with Crippen molar-refractivity contribution in [2.24, 2.45) is 0 Å². The molecule has 0 atom stereocenters. The van der Waals surface area contributed by atoms with Gasteiger partial charge in [-0.25, -0.2) is 0 Å². The number of nitrogens with two attached hydrogens (primary N) is 1. The predicted molar refractivity (Wildman–Crippen MR) is 108 cm³/mol. The van der Waals surface area contributed by atoms with Gasteiger partial charge in [0.1, 0.15) is 0 Å². The van der Waals surface area contributed by atoms with Crippen LogP contribution in [0.25, 0.3) is 11.3 Å². The van der Waals surface area contributed by atoms with Crippen molar-refractivity contribution in [1.82, 2.24) is 0 Å². The van der Waals surface area contributed by atoms with E-state index in [1.807, 2.05) is 73.7 Å². The second kappa shape index (κ2) is 6.41. The molecule has 1 amide bonds. The number of hydrogen-bond acceptors (Lipinski definition) is 3. The van der Waals surface area contributed by atoms with Gasteiger partial charge < -0.3 is 16.4 Å². The molecule has 0 aliphatic carbocycles. The van der Waals surface area contributed by atoms with Crippen molar-refractivity contribution in [2.45, 2.75) is 6.92 Å². The Hall–Kier alpha value is -3.53. The van der Waals surface area contributed by atoms with Crippen LogP contribution in [0.15, 0.2) is 72.8 Å². The van der Waals surface area contributed by atoms with Gasteiger partial charge in [-0.3, -0.25) is 4.79 Å². The molecule has 4 N–H and O–H groups in total. The molecule has 4 heteroatoms. The third kappa shape index (κ3) is 2.93. The molecule has 0 radical (unpaired) electrons. The van der Waals surface area contributed by atoms with E-state index < -0.39 is 0 Å². The van der Waals surface area contributed by atoms with Crippen molar-refractivity contribution < 1.29 is 4.79 Å². The molecule has 0 aromatic heterocycles. The normalized spacial score (nSPS) is 14.6. The molecule has 0 bridgehead atoms. The maximum Gasteiger partial charge on any atom is 0.258 e. The van der Waals surface area contributed by atoms with Crippen LogP contribution in [0.1, 0.15) is 16.7 Å². The highest BCUT2D eigenvalue weighted by Gasteiger charge is 2.28. The van der Waals surface area contributed by atoms with E-state index in [9.17, 15) is 4.79 Å². The van der Waals surface area contributed by atoms with E-state index in [1.54, 1.807) is 6.07 Å². The van der Waals surface area contributed by atoms with Crippen molar-refractivity contribution in [3.8, 4) is 0 Å². The molecule has 0 fully saturated rings. The number of rotatable bonds is 3. The smallest absolute Gasteiger partial charge is 0.258 e. The minimum Gasteiger partial charge on any atom is -0.399 e. The Morgan fingerprint density at radius 1 is 0.962 bits per heavy atom. The summed E-state index contributed by atoms with van der Waals surface area (Å²) in [4.78, 5) is 12.8. The molecule has 3 aromatic rings. The summed E-state index contributed by atoms with van der Waals surface area (Å²) in [6, 6.07) is 23.4. The topological polar surface area (TPSA) is 67.2 Å². The van der Waals surface area contributed by atoms with Crippen LogP contribution in [-0.4, -0.2) is 5.91 Å². The highest BCUT2D eigenvalue weighted by Crippen LogP contribution is 2.38. The molecule has 4 rings (SSSR count). The maximum atomic E-state index is 12.8. The first-order valence-electron chi connectivity index (χ1n) is 8.46. The second-order valence-electron chi connectivity index (χ2n) is 6.37. The lowest BCUT2D eigenvalue weighted by Gasteiger charge is -2.15. The van der Waals surface area contributed by atoms with Gasteiger partial charge in [-0.2, -0.15) is 0 Å². The lowest BCUT2D eigenvalue weighted by Crippen LogP contribution is -2.10. The first kappa shape index (κ1) is 16.0. The highest BCUT2D eigenvalue weighted by molar-refractivity contribution is 6.37. The molecule has 0 saturated carbocycles. The van der Waals surface area contributed by atoms with Crippen LogP contribution in [0.5, 0.6) is 0 Å². The Kier molecular flexibility index (Phi) is 3.93. The lowest BCUT2D eigenvalue weighted by molar-refractivity contribution is -0.110. The van der Waals surface area contributed by atoms with E-state index in [4.69, 9.17) is 5.73 Å². The molecule has 0 unspecified atom stereocenters. The van der Waals surface area contributed by atoms with E-state index in [1.165, 1.54) is 5.56 Å². The van der Waals surface area contributed by atoms with Crippen LogP contribution >= 0.6 is 0 Å². The zero-order valence-corrected chi connectivity index (χ0v) is 14.4. The van der Waals surface area contributed by atoms with Gasteiger partial charge in [-0.05, 0) is 42.8 Å². The molecule has 1 heterocycles. The van der Waals surface area contributed by atoms with Gasteiger partial charge in [0.2, 0.25) is 0 Å². The molecule has 0 spiro atoms. The van der Waals surface area contributed by atoms with E-state index in [0.29, 0.717) is 11.3 Å². The van der Waals surface area contributed by atoms with Crippen molar-refractivity contribution >= 4 is 34.2 Å². The lowest BCUT2D eigenvalue weighted by atomic mass is 9.99. The summed E-state index contributed by atoms with van der Waals surface area (Å²) < 4.78 is 0. The van der Waals surface area contributed by atoms with Gasteiger partial charge in [0.25, 0.3) is 5.91 Å². The van der Waals surface area contributed by atoms with Crippen molar-refractivity contribution in [2.75, 3.05) is 16.4 Å². The first-order chi connectivity index (χ1) is 12.6. The average Bonchev–Trinajstić information content (AvgIpc) is 2.97. The Labute approximate surface area is 152 Å². The zero-order valence-electron chi connectivity index (χ0n) is 14.4. The number of amides is 1. The van der Waals surface area contributed by atoms with Gasteiger partial charge in [-0.1, -0.05) is 48.0 Å². The van der Waals surface area contributed by atoms with Gasteiger partial charge in [0, 0.05) is 22.6 Å². The number of fused-ring (bicyclic) bond motifs is 1. The molecule has 1 aliphatic rings. The summed E-state index contributed by atoms with van der Waals surface area (Å²) in [5.74, 6) is -0.135. The number of aryl methyl sites for hydroxylation is 1. The Bertz CT molecular complexity index is 1010. The third-order valence-corrected chi connectivity index (χ3v) is 4.42. The molecule has 26 heavy (non-hydrogen) atoms. The van der Waals surface area contributed by atoms with Crippen molar-refractivity contribution in [3.05, 3.63) is 89.5 Å². The summed E-state index contributed by atoms with van der Waals surface area (Å²) in [7, 11) is 0. The summed E-state index contributed by atoms with van der Waals surface area (Å²) in [6.45, 7) is 2.05. The SMILES string of the molecule is Cc1ccc(N/C(=C2\C(=O)Nc3ccc(N)cc32)c2ccccc2)cc1. The van der Waals surface area contributed by atoms with Crippen LogP contribution in [-0.2, 0) is 4.79 Å². The minimum atomic E-state index is -0.135. The van der Waals surface area contributed by atoms with Gasteiger partial charge in [0.05, 0.1) is 11.3 Å². The van der Waals surface area contributed by atoms with E-state index >= 15 is 0 Å². The number of carbonyl (C=O) groups excluding carboxylic acids is 1. The monoisotopic (exact) mass is 341 g/mol. The zero-order chi connectivity index (χ0) is 18.1. The Morgan fingerprint density at radius 3 is 2.42 bits per heavy atom. The molecule has 4 nitrogen and oxygen atoms in total. The van der Waals surface area contributed by atoms with Gasteiger partial charge in [0.15, 0.2) is 0 Å². The fourth-order valence-electron chi connectivity index (χ4n) is 3.10. The highest BCUT2D eigenvalue weighted by atomic mass is 16.2. The van der Waals surface area contributed by atoms with Crippen LogP contribution in [0, 0.1) is 6.92 Å².